The van der Waals surface area contributed by atoms with Crippen LogP contribution in [0.4, 0.5) is 5.69 Å². The van der Waals surface area contributed by atoms with Crippen LogP contribution in [0.15, 0.2) is 30.3 Å². The number of hydrogen-bond donors (Lipinski definition) is 2. The van der Waals surface area contributed by atoms with Gasteiger partial charge >= 0.3 is 5.97 Å². The van der Waals surface area contributed by atoms with Crippen LogP contribution < -0.4 is 19.9 Å². The standard InChI is InChI=1S/C14H14N2O5/c1-19-8-5-9(20-2)7-10(6-8)21-13-11(15)3-4-12(16-13)14(17)18/h3-7H,15H2,1-2H3,(H,17,18). The first-order valence-electron chi connectivity index (χ1n) is 5.94. The number of carboxylic acids is 1. The molecule has 0 aliphatic carbocycles. The molecule has 0 aliphatic heterocycles. The van der Waals surface area contributed by atoms with Crippen molar-refractivity contribution < 1.29 is 24.1 Å². The molecule has 0 bridgehead atoms. The van der Waals surface area contributed by atoms with Gasteiger partial charge in [0.15, 0.2) is 5.69 Å². The number of benzene rings is 1. The van der Waals surface area contributed by atoms with Crippen molar-refractivity contribution in [2.45, 2.75) is 0 Å². The number of nitrogen functional groups attached to an aromatic ring is 1. The van der Waals surface area contributed by atoms with Crippen LogP contribution in [-0.4, -0.2) is 30.3 Å². The summed E-state index contributed by atoms with van der Waals surface area (Å²) in [4.78, 5) is 14.8. The number of aromatic carboxylic acids is 1. The second-order valence-corrected chi connectivity index (χ2v) is 4.05. The first-order chi connectivity index (χ1) is 10.0. The second-order valence-electron chi connectivity index (χ2n) is 4.05. The molecule has 110 valence electrons. The SMILES string of the molecule is COc1cc(OC)cc(Oc2nc(C(=O)O)ccc2N)c1. The summed E-state index contributed by atoms with van der Waals surface area (Å²) in [6, 6.07) is 7.62. The van der Waals surface area contributed by atoms with Gasteiger partial charge in [-0.15, -0.1) is 0 Å². The summed E-state index contributed by atoms with van der Waals surface area (Å²) >= 11 is 0. The molecule has 0 saturated carbocycles. The number of hydrogen-bond acceptors (Lipinski definition) is 6. The van der Waals surface area contributed by atoms with Crippen LogP contribution in [0.2, 0.25) is 0 Å². The Morgan fingerprint density at radius 3 is 2.19 bits per heavy atom. The third-order valence-corrected chi connectivity index (χ3v) is 2.65. The van der Waals surface area contributed by atoms with Gasteiger partial charge in [0, 0.05) is 18.2 Å². The van der Waals surface area contributed by atoms with Crippen LogP contribution >= 0.6 is 0 Å². The minimum absolute atomic E-state index is 0.00482. The molecule has 0 saturated heterocycles. The number of aromatic nitrogens is 1. The van der Waals surface area contributed by atoms with Crippen molar-refractivity contribution in [3.05, 3.63) is 36.0 Å². The summed E-state index contributed by atoms with van der Waals surface area (Å²) < 4.78 is 15.8. The lowest BCUT2D eigenvalue weighted by atomic mass is 10.3. The van der Waals surface area contributed by atoms with Crippen molar-refractivity contribution >= 4 is 11.7 Å². The van der Waals surface area contributed by atoms with Crippen molar-refractivity contribution in [3.8, 4) is 23.1 Å². The lowest BCUT2D eigenvalue weighted by Crippen LogP contribution is -2.03. The number of nitrogens with zero attached hydrogens (tertiary/aromatic N) is 1. The van der Waals surface area contributed by atoms with E-state index in [9.17, 15) is 4.79 Å². The van der Waals surface area contributed by atoms with Gasteiger partial charge in [0.2, 0.25) is 5.88 Å². The van der Waals surface area contributed by atoms with Gasteiger partial charge in [-0.2, -0.15) is 0 Å². The molecule has 3 N–H and O–H groups in total. The van der Waals surface area contributed by atoms with Gasteiger partial charge < -0.3 is 25.1 Å². The van der Waals surface area contributed by atoms with E-state index in [1.165, 1.54) is 26.4 Å². The molecule has 1 aromatic carbocycles. The molecule has 2 rings (SSSR count). The minimum Gasteiger partial charge on any atom is -0.496 e. The first kappa shape index (κ1) is 14.4. The summed E-state index contributed by atoms with van der Waals surface area (Å²) in [6.45, 7) is 0. The minimum atomic E-state index is -1.16. The van der Waals surface area contributed by atoms with Gasteiger partial charge in [-0.05, 0) is 12.1 Å². The molecule has 0 atom stereocenters. The molecule has 7 heteroatoms. The third-order valence-electron chi connectivity index (χ3n) is 2.65. The summed E-state index contributed by atoms with van der Waals surface area (Å²) in [5, 5.41) is 8.93. The van der Waals surface area contributed by atoms with Gasteiger partial charge in [0.25, 0.3) is 0 Å². The molecule has 0 unspecified atom stereocenters. The summed E-state index contributed by atoms with van der Waals surface area (Å²) in [7, 11) is 3.02. The lowest BCUT2D eigenvalue weighted by molar-refractivity contribution is 0.0689. The van der Waals surface area contributed by atoms with Gasteiger partial charge in [0.1, 0.15) is 17.2 Å². The normalized spacial score (nSPS) is 10.0. The average Bonchev–Trinajstić information content (AvgIpc) is 2.48. The number of rotatable bonds is 5. The Labute approximate surface area is 120 Å². The van der Waals surface area contributed by atoms with Crippen LogP contribution in [0.5, 0.6) is 23.1 Å². The van der Waals surface area contributed by atoms with Crippen LogP contribution in [0.1, 0.15) is 10.5 Å². The van der Waals surface area contributed by atoms with Gasteiger partial charge in [-0.3, -0.25) is 0 Å². The van der Waals surface area contributed by atoms with Gasteiger partial charge in [0.05, 0.1) is 19.9 Å². The van der Waals surface area contributed by atoms with Crippen LogP contribution in [0.25, 0.3) is 0 Å². The highest BCUT2D eigenvalue weighted by Gasteiger charge is 2.12. The molecule has 1 heterocycles. The second kappa shape index (κ2) is 6.00. The Hall–Kier alpha value is -2.96. The van der Waals surface area contributed by atoms with E-state index in [0.717, 1.165) is 0 Å². The topological polar surface area (TPSA) is 104 Å². The molecule has 0 aliphatic rings. The smallest absolute Gasteiger partial charge is 0.354 e. The number of nitrogens with two attached hydrogens (primary N) is 1. The first-order valence-corrected chi connectivity index (χ1v) is 5.94. The lowest BCUT2D eigenvalue weighted by Gasteiger charge is -2.11. The largest absolute Gasteiger partial charge is 0.496 e. The Kier molecular flexibility index (Phi) is 4.13. The summed E-state index contributed by atoms with van der Waals surface area (Å²) in [5.74, 6) is 0.260. The molecule has 0 spiro atoms. The van der Waals surface area contributed by atoms with Crippen LogP contribution in [0, 0.1) is 0 Å². The fourth-order valence-corrected chi connectivity index (χ4v) is 1.60. The molecular weight excluding hydrogens is 276 g/mol. The maximum absolute atomic E-state index is 10.9. The quantitative estimate of drug-likeness (QED) is 0.869. The number of methoxy groups -OCH3 is 2. The van der Waals surface area contributed by atoms with E-state index in [1.54, 1.807) is 18.2 Å². The highest BCUT2D eigenvalue weighted by atomic mass is 16.5. The number of pyridine rings is 1. The van der Waals surface area contributed by atoms with Crippen molar-refractivity contribution in [2.75, 3.05) is 20.0 Å². The van der Waals surface area contributed by atoms with E-state index in [2.05, 4.69) is 4.98 Å². The van der Waals surface area contributed by atoms with E-state index in [4.69, 9.17) is 25.1 Å². The fraction of sp³-hybridized carbons (Fsp3) is 0.143. The Balaban J connectivity index is 2.37. The number of carbonyl (C=O) groups is 1. The number of anilines is 1. The summed E-state index contributed by atoms with van der Waals surface area (Å²) in [6.07, 6.45) is 0. The van der Waals surface area contributed by atoms with E-state index >= 15 is 0 Å². The molecular formula is C14H14N2O5. The van der Waals surface area contributed by atoms with E-state index in [1.807, 2.05) is 0 Å². The van der Waals surface area contributed by atoms with Crippen molar-refractivity contribution in [1.29, 1.82) is 0 Å². The highest BCUT2D eigenvalue weighted by Crippen LogP contribution is 2.32. The average molecular weight is 290 g/mol. The van der Waals surface area contributed by atoms with Crippen molar-refractivity contribution in [2.24, 2.45) is 0 Å². The molecule has 7 nitrogen and oxygen atoms in total. The van der Waals surface area contributed by atoms with E-state index < -0.39 is 5.97 Å². The van der Waals surface area contributed by atoms with E-state index in [0.29, 0.717) is 17.2 Å². The van der Waals surface area contributed by atoms with Gasteiger partial charge in [-0.1, -0.05) is 0 Å². The monoisotopic (exact) mass is 290 g/mol. The molecule has 2 aromatic rings. The Morgan fingerprint density at radius 2 is 1.67 bits per heavy atom. The zero-order chi connectivity index (χ0) is 15.4. The molecule has 0 amide bonds. The number of carboxylic acid groups (broad SMARTS) is 1. The maximum Gasteiger partial charge on any atom is 0.354 e. The highest BCUT2D eigenvalue weighted by molar-refractivity contribution is 5.86. The predicted octanol–water partition coefficient (Wildman–Crippen LogP) is 2.17. The summed E-state index contributed by atoms with van der Waals surface area (Å²) in [5.41, 5.74) is 5.80. The predicted molar refractivity (Wildman–Crippen MR) is 75.2 cm³/mol. The Bertz CT molecular complexity index is 650. The van der Waals surface area contributed by atoms with Crippen LogP contribution in [0.3, 0.4) is 0 Å². The Morgan fingerprint density at radius 1 is 1.10 bits per heavy atom. The van der Waals surface area contributed by atoms with E-state index in [-0.39, 0.29) is 17.3 Å². The molecule has 0 radical (unpaired) electrons. The van der Waals surface area contributed by atoms with Crippen molar-refractivity contribution in [1.82, 2.24) is 4.98 Å². The molecule has 1 aromatic heterocycles. The number of ether oxygens (including phenoxy) is 3. The van der Waals surface area contributed by atoms with Gasteiger partial charge in [-0.25, -0.2) is 9.78 Å². The fourth-order valence-electron chi connectivity index (χ4n) is 1.60. The maximum atomic E-state index is 10.9. The molecule has 0 fully saturated rings. The zero-order valence-electron chi connectivity index (χ0n) is 11.5. The zero-order valence-corrected chi connectivity index (χ0v) is 11.5. The van der Waals surface area contributed by atoms with Crippen molar-refractivity contribution in [3.63, 3.8) is 0 Å². The van der Waals surface area contributed by atoms with Crippen LogP contribution in [-0.2, 0) is 0 Å². The molecule has 21 heavy (non-hydrogen) atoms. The third kappa shape index (κ3) is 3.33.